The number of hydrogen-bond acceptors (Lipinski definition) is 4. The minimum Gasteiger partial charge on any atom is -0.509 e. The first kappa shape index (κ1) is 31.2. The van der Waals surface area contributed by atoms with Crippen LogP contribution in [-0.4, -0.2) is 19.3 Å². The molecule has 0 N–H and O–H groups in total. The van der Waals surface area contributed by atoms with Gasteiger partial charge in [0.1, 0.15) is 5.82 Å². The summed E-state index contributed by atoms with van der Waals surface area (Å²) < 4.78 is 13.1. The topological polar surface area (TPSA) is 44.9 Å². The Morgan fingerprint density at radius 1 is 0.694 bits per heavy atom. The minimum atomic E-state index is -0.137. The second kappa shape index (κ2) is 12.1. The number of hydrogen-bond donors (Lipinski definition) is 0. The first-order valence-electron chi connectivity index (χ1n) is 16.0. The first-order chi connectivity index (χ1) is 23.4. The molecule has 0 fully saturated rings. The van der Waals surface area contributed by atoms with Gasteiger partial charge in [-0.15, -0.1) is 47.1 Å². The summed E-state index contributed by atoms with van der Waals surface area (Å²) in [6.45, 7) is 6.58. The van der Waals surface area contributed by atoms with E-state index >= 15 is 0 Å². The standard InChI is InChI=1S/C42H30N4OS.Pt/c1-42(2,3)41-34(27-12-5-4-6-13-27)26-45(44-41)28-14-11-15-29(24-28)47-30-19-20-31-32-21-22-37-39(33-16-7-8-17-36(33)48-37)40(32)46(35(31)25-30)38-18-9-10-23-43-38;/h4-23,26H,1-3H3;/q-2;+2. The van der Waals surface area contributed by atoms with Crippen molar-refractivity contribution in [1.82, 2.24) is 19.3 Å². The Balaban J connectivity index is 0.00000348. The van der Waals surface area contributed by atoms with Gasteiger partial charge < -0.3 is 9.30 Å². The molecule has 0 aliphatic carbocycles. The molecule has 5 nitrogen and oxygen atoms in total. The van der Waals surface area contributed by atoms with Crippen LogP contribution in [0, 0.1) is 12.1 Å². The van der Waals surface area contributed by atoms with Crippen molar-refractivity contribution in [1.29, 1.82) is 0 Å². The Morgan fingerprint density at radius 3 is 2.29 bits per heavy atom. The Kier molecular flexibility index (Phi) is 7.74. The molecule has 0 saturated heterocycles. The van der Waals surface area contributed by atoms with Gasteiger partial charge in [0.2, 0.25) is 0 Å². The molecule has 4 heterocycles. The average molecular weight is 834 g/mol. The Bertz CT molecular complexity index is 2630. The van der Waals surface area contributed by atoms with Crippen LogP contribution >= 0.6 is 11.3 Å². The molecular weight excluding hydrogens is 804 g/mol. The van der Waals surface area contributed by atoms with E-state index in [1.807, 2.05) is 70.7 Å². The van der Waals surface area contributed by atoms with E-state index in [9.17, 15) is 0 Å². The van der Waals surface area contributed by atoms with Crippen LogP contribution < -0.4 is 4.74 Å². The number of nitrogens with zero attached hydrogens (tertiary/aromatic N) is 4. The van der Waals surface area contributed by atoms with Crippen LogP contribution in [0.2, 0.25) is 0 Å². The molecule has 0 aliphatic rings. The van der Waals surface area contributed by atoms with E-state index in [1.54, 1.807) is 0 Å². The summed E-state index contributed by atoms with van der Waals surface area (Å²) in [5, 5.41) is 9.77. The molecule has 7 heteroatoms. The summed E-state index contributed by atoms with van der Waals surface area (Å²) >= 11 is 1.82. The maximum absolute atomic E-state index is 6.48. The number of ether oxygens (including phenoxy) is 1. The molecule has 0 spiro atoms. The number of pyridine rings is 1. The molecule has 0 unspecified atom stereocenters. The van der Waals surface area contributed by atoms with Crippen molar-refractivity contribution in [2.24, 2.45) is 0 Å². The van der Waals surface area contributed by atoms with Crippen LogP contribution in [0.15, 0.2) is 128 Å². The van der Waals surface area contributed by atoms with E-state index in [2.05, 4.69) is 110 Å². The van der Waals surface area contributed by atoms with Gasteiger partial charge in [-0.1, -0.05) is 87.0 Å². The molecule has 0 saturated carbocycles. The van der Waals surface area contributed by atoms with Crippen LogP contribution in [0.5, 0.6) is 11.5 Å². The second-order valence-corrected chi connectivity index (χ2v) is 14.1. The molecule has 240 valence electrons. The van der Waals surface area contributed by atoms with Crippen molar-refractivity contribution in [3.05, 3.63) is 145 Å². The quantitative estimate of drug-likeness (QED) is 0.162. The Labute approximate surface area is 302 Å². The number of aromatic nitrogens is 4. The molecule has 9 aromatic rings. The second-order valence-electron chi connectivity index (χ2n) is 13.0. The summed E-state index contributed by atoms with van der Waals surface area (Å²) in [5.74, 6) is 2.02. The molecule has 4 aromatic heterocycles. The maximum Gasteiger partial charge on any atom is 2.00 e. The van der Waals surface area contributed by atoms with Crippen LogP contribution in [0.3, 0.4) is 0 Å². The Hall–Kier alpha value is -5.03. The summed E-state index contributed by atoms with van der Waals surface area (Å²) in [4.78, 5) is 4.79. The zero-order valence-corrected chi connectivity index (χ0v) is 30.1. The van der Waals surface area contributed by atoms with Gasteiger partial charge in [-0.3, -0.25) is 4.68 Å². The predicted octanol–water partition coefficient (Wildman–Crippen LogP) is 11.1. The molecule has 9 rings (SSSR count). The van der Waals surface area contributed by atoms with Crippen LogP contribution in [0.4, 0.5) is 0 Å². The minimum absolute atomic E-state index is 0. The maximum atomic E-state index is 6.48. The smallest absolute Gasteiger partial charge is 0.509 e. The third-order valence-electron chi connectivity index (χ3n) is 8.76. The first-order valence-corrected chi connectivity index (χ1v) is 16.8. The van der Waals surface area contributed by atoms with E-state index < -0.39 is 0 Å². The van der Waals surface area contributed by atoms with E-state index in [1.165, 1.54) is 20.2 Å². The molecule has 0 amide bonds. The van der Waals surface area contributed by atoms with Crippen molar-refractivity contribution in [3.63, 3.8) is 0 Å². The zero-order chi connectivity index (χ0) is 32.4. The zero-order valence-electron chi connectivity index (χ0n) is 27.0. The summed E-state index contributed by atoms with van der Waals surface area (Å²) in [7, 11) is 0. The summed E-state index contributed by atoms with van der Waals surface area (Å²) in [6, 6.07) is 46.6. The van der Waals surface area contributed by atoms with Gasteiger partial charge in [0.05, 0.1) is 11.2 Å². The SMILES string of the molecule is CC(C)(C)c1nn(-c2[c-]c(Oc3[c-]c4c(cc3)c3ccc5sc6ccccc6c5c3n4-c3ccccn3)ccc2)cc1-c1ccccc1.[Pt+2]. The largest absolute Gasteiger partial charge is 2.00 e. The van der Waals surface area contributed by atoms with Crippen molar-refractivity contribution < 1.29 is 25.8 Å². The molecule has 5 aromatic carbocycles. The summed E-state index contributed by atoms with van der Waals surface area (Å²) in [6.07, 6.45) is 3.92. The fourth-order valence-electron chi connectivity index (χ4n) is 6.62. The normalized spacial score (nSPS) is 11.8. The van der Waals surface area contributed by atoms with Gasteiger partial charge >= 0.3 is 21.1 Å². The summed E-state index contributed by atoms with van der Waals surface area (Å²) in [5.41, 5.74) is 5.98. The van der Waals surface area contributed by atoms with Gasteiger partial charge in [-0.05, 0) is 40.9 Å². The Morgan fingerprint density at radius 2 is 1.47 bits per heavy atom. The number of benzene rings is 5. The van der Waals surface area contributed by atoms with E-state index in [0.717, 1.165) is 50.1 Å². The van der Waals surface area contributed by atoms with Gasteiger partial charge in [-0.2, -0.15) is 17.2 Å². The van der Waals surface area contributed by atoms with Crippen LogP contribution in [0.1, 0.15) is 26.5 Å². The molecule has 0 radical (unpaired) electrons. The average Bonchev–Trinajstić information content (AvgIpc) is 3.81. The molecule has 0 aliphatic heterocycles. The molecule has 49 heavy (non-hydrogen) atoms. The predicted molar refractivity (Wildman–Crippen MR) is 197 cm³/mol. The van der Waals surface area contributed by atoms with Crippen LogP contribution in [0.25, 0.3) is 64.6 Å². The van der Waals surface area contributed by atoms with Gasteiger partial charge in [0, 0.05) is 55.0 Å². The van der Waals surface area contributed by atoms with Crippen molar-refractivity contribution in [3.8, 4) is 34.1 Å². The molecule has 0 bridgehead atoms. The van der Waals surface area contributed by atoms with E-state index in [4.69, 9.17) is 14.8 Å². The van der Waals surface area contributed by atoms with E-state index in [0.29, 0.717) is 11.5 Å². The number of rotatable bonds is 5. The fraction of sp³-hybridized carbons (Fsp3) is 0.0952. The number of thiophene rings is 1. The van der Waals surface area contributed by atoms with Crippen LogP contribution in [-0.2, 0) is 26.5 Å². The third kappa shape index (κ3) is 5.36. The van der Waals surface area contributed by atoms with Gasteiger partial charge in [-0.25, -0.2) is 4.98 Å². The van der Waals surface area contributed by atoms with Gasteiger partial charge in [0.15, 0.2) is 0 Å². The number of fused-ring (bicyclic) bond motifs is 7. The van der Waals surface area contributed by atoms with E-state index in [-0.39, 0.29) is 26.5 Å². The van der Waals surface area contributed by atoms with Crippen molar-refractivity contribution in [2.75, 3.05) is 0 Å². The third-order valence-corrected chi connectivity index (χ3v) is 9.90. The fourth-order valence-corrected chi connectivity index (χ4v) is 7.73. The molecule has 0 atom stereocenters. The monoisotopic (exact) mass is 833 g/mol. The van der Waals surface area contributed by atoms with Gasteiger partial charge in [0.25, 0.3) is 0 Å². The van der Waals surface area contributed by atoms with Crippen molar-refractivity contribution in [2.45, 2.75) is 26.2 Å². The van der Waals surface area contributed by atoms with Crippen molar-refractivity contribution >= 4 is 53.3 Å². The molecular formula is C42H30N4OPtS.